The van der Waals surface area contributed by atoms with Crippen molar-refractivity contribution in [2.75, 3.05) is 17.0 Å². The van der Waals surface area contributed by atoms with Gasteiger partial charge in [-0.25, -0.2) is 8.42 Å². The van der Waals surface area contributed by atoms with Gasteiger partial charge in [0, 0.05) is 16.7 Å². The molecular formula is C12H13BrN2O2S. The van der Waals surface area contributed by atoms with E-state index in [-0.39, 0.29) is 12.3 Å². The van der Waals surface area contributed by atoms with Crippen molar-refractivity contribution in [1.82, 2.24) is 0 Å². The molecule has 0 fully saturated rings. The number of rotatable bonds is 4. The molecule has 0 atom stereocenters. The first kappa shape index (κ1) is 13.3. The van der Waals surface area contributed by atoms with Crippen molar-refractivity contribution in [2.24, 2.45) is 5.73 Å². The maximum atomic E-state index is 11.6. The first-order valence-electron chi connectivity index (χ1n) is 5.40. The highest BCUT2D eigenvalue weighted by atomic mass is 79.9. The van der Waals surface area contributed by atoms with Crippen molar-refractivity contribution < 1.29 is 8.42 Å². The van der Waals surface area contributed by atoms with Crippen molar-refractivity contribution in [3.63, 3.8) is 0 Å². The van der Waals surface area contributed by atoms with Gasteiger partial charge in [-0.2, -0.15) is 0 Å². The molecule has 96 valence electrons. The smallest absolute Gasteiger partial charge is 0.233 e. The van der Waals surface area contributed by atoms with E-state index in [0.29, 0.717) is 5.69 Å². The van der Waals surface area contributed by atoms with E-state index in [9.17, 15) is 8.42 Å². The van der Waals surface area contributed by atoms with Gasteiger partial charge in [-0.3, -0.25) is 4.72 Å². The topological polar surface area (TPSA) is 72.2 Å². The summed E-state index contributed by atoms with van der Waals surface area (Å²) in [5.41, 5.74) is 5.81. The van der Waals surface area contributed by atoms with Gasteiger partial charge >= 0.3 is 0 Å². The highest BCUT2D eigenvalue weighted by Gasteiger charge is 2.08. The molecule has 0 aliphatic rings. The molecule has 2 rings (SSSR count). The molecule has 0 saturated carbocycles. The van der Waals surface area contributed by atoms with Crippen LogP contribution >= 0.6 is 15.9 Å². The van der Waals surface area contributed by atoms with Crippen LogP contribution in [-0.4, -0.2) is 20.7 Å². The Bertz CT molecular complexity index is 671. The summed E-state index contributed by atoms with van der Waals surface area (Å²) in [5.74, 6) is -0.0780. The summed E-state index contributed by atoms with van der Waals surface area (Å²) in [6, 6.07) is 11.2. The van der Waals surface area contributed by atoms with Crippen LogP contribution in [0.2, 0.25) is 0 Å². The maximum absolute atomic E-state index is 11.6. The van der Waals surface area contributed by atoms with Gasteiger partial charge in [-0.1, -0.05) is 28.1 Å². The fourth-order valence-electron chi connectivity index (χ4n) is 1.67. The summed E-state index contributed by atoms with van der Waals surface area (Å²) in [6.07, 6.45) is 0. The lowest BCUT2D eigenvalue weighted by atomic mass is 10.1. The molecule has 0 saturated heterocycles. The third kappa shape index (κ3) is 3.22. The summed E-state index contributed by atoms with van der Waals surface area (Å²) >= 11 is 3.39. The van der Waals surface area contributed by atoms with E-state index in [1.807, 2.05) is 24.3 Å². The second-order valence-electron chi connectivity index (χ2n) is 3.92. The number of benzene rings is 2. The first-order valence-corrected chi connectivity index (χ1v) is 7.84. The lowest BCUT2D eigenvalue weighted by molar-refractivity contribution is 0.601. The van der Waals surface area contributed by atoms with Gasteiger partial charge in [0.25, 0.3) is 0 Å². The SMILES string of the molecule is NCCS(=O)(=O)Nc1ccc2cc(Br)ccc2c1. The third-order valence-electron chi connectivity index (χ3n) is 2.46. The Kier molecular flexibility index (Phi) is 3.89. The molecule has 3 N–H and O–H groups in total. The van der Waals surface area contributed by atoms with Crippen molar-refractivity contribution >= 4 is 42.4 Å². The summed E-state index contributed by atoms with van der Waals surface area (Å²) < 4.78 is 26.7. The fourth-order valence-corrected chi connectivity index (χ4v) is 2.94. The molecule has 0 bridgehead atoms. The van der Waals surface area contributed by atoms with Crippen LogP contribution in [0.1, 0.15) is 0 Å². The minimum absolute atomic E-state index is 0.0780. The van der Waals surface area contributed by atoms with Gasteiger partial charge in [-0.15, -0.1) is 0 Å². The molecule has 0 aromatic heterocycles. The number of fused-ring (bicyclic) bond motifs is 1. The summed E-state index contributed by atoms with van der Waals surface area (Å²) in [4.78, 5) is 0. The Morgan fingerprint density at radius 3 is 2.50 bits per heavy atom. The Labute approximate surface area is 114 Å². The van der Waals surface area contributed by atoms with Crippen LogP contribution in [0.3, 0.4) is 0 Å². The normalized spacial score (nSPS) is 11.7. The molecule has 4 nitrogen and oxygen atoms in total. The summed E-state index contributed by atoms with van der Waals surface area (Å²) in [6.45, 7) is 0.107. The quantitative estimate of drug-likeness (QED) is 0.904. The maximum Gasteiger partial charge on any atom is 0.233 e. The van der Waals surface area contributed by atoms with Crippen molar-refractivity contribution in [2.45, 2.75) is 0 Å². The highest BCUT2D eigenvalue weighted by molar-refractivity contribution is 9.10. The van der Waals surface area contributed by atoms with Crippen LogP contribution in [0.5, 0.6) is 0 Å². The van der Waals surface area contributed by atoms with E-state index in [1.54, 1.807) is 12.1 Å². The van der Waals surface area contributed by atoms with E-state index in [4.69, 9.17) is 5.73 Å². The Morgan fingerprint density at radius 2 is 1.78 bits per heavy atom. The van der Waals surface area contributed by atoms with Gasteiger partial charge in [0.1, 0.15) is 0 Å². The molecule has 0 radical (unpaired) electrons. The van der Waals surface area contributed by atoms with Gasteiger partial charge in [0.15, 0.2) is 0 Å². The molecule has 18 heavy (non-hydrogen) atoms. The van der Waals surface area contributed by atoms with Crippen molar-refractivity contribution in [1.29, 1.82) is 0 Å². The number of anilines is 1. The molecule has 0 heterocycles. The van der Waals surface area contributed by atoms with Gasteiger partial charge in [0.2, 0.25) is 10.0 Å². The minimum Gasteiger partial charge on any atom is -0.329 e. The van der Waals surface area contributed by atoms with Crippen LogP contribution in [0.4, 0.5) is 5.69 Å². The van der Waals surface area contributed by atoms with Crippen LogP contribution in [0, 0.1) is 0 Å². The molecule has 0 aliphatic heterocycles. The van der Waals surface area contributed by atoms with Gasteiger partial charge < -0.3 is 5.73 Å². The van der Waals surface area contributed by atoms with Gasteiger partial charge in [-0.05, 0) is 35.0 Å². The van der Waals surface area contributed by atoms with Crippen molar-refractivity contribution in [3.8, 4) is 0 Å². The molecule has 0 aliphatic carbocycles. The van der Waals surface area contributed by atoms with Gasteiger partial charge in [0.05, 0.1) is 5.75 Å². The van der Waals surface area contributed by atoms with E-state index in [0.717, 1.165) is 15.2 Å². The molecule has 6 heteroatoms. The number of halogens is 1. The van der Waals surface area contributed by atoms with Crippen LogP contribution in [0.25, 0.3) is 10.8 Å². The van der Waals surface area contributed by atoms with Crippen LogP contribution in [-0.2, 0) is 10.0 Å². The highest BCUT2D eigenvalue weighted by Crippen LogP contribution is 2.23. The second kappa shape index (κ2) is 5.26. The number of sulfonamides is 1. The monoisotopic (exact) mass is 328 g/mol. The second-order valence-corrected chi connectivity index (χ2v) is 6.67. The zero-order valence-electron chi connectivity index (χ0n) is 9.56. The zero-order chi connectivity index (χ0) is 13.2. The number of hydrogen-bond donors (Lipinski definition) is 2. The standard InChI is InChI=1S/C12H13BrN2O2S/c13-11-3-1-10-8-12(4-2-9(10)7-11)15-18(16,17)6-5-14/h1-4,7-8,15H,5-6,14H2. The average molecular weight is 329 g/mol. The predicted molar refractivity (Wildman–Crippen MR) is 78.1 cm³/mol. The largest absolute Gasteiger partial charge is 0.329 e. The first-order chi connectivity index (χ1) is 8.50. The third-order valence-corrected chi connectivity index (χ3v) is 4.28. The molecule has 0 spiro atoms. The summed E-state index contributed by atoms with van der Waals surface area (Å²) in [7, 11) is -3.35. The number of nitrogens with one attached hydrogen (secondary N) is 1. The van der Waals surface area contributed by atoms with Crippen LogP contribution in [0.15, 0.2) is 40.9 Å². The molecule has 2 aromatic rings. The minimum atomic E-state index is -3.35. The zero-order valence-corrected chi connectivity index (χ0v) is 12.0. The van der Waals surface area contributed by atoms with E-state index < -0.39 is 10.0 Å². The Morgan fingerprint density at radius 1 is 1.11 bits per heavy atom. The van der Waals surface area contributed by atoms with E-state index in [1.165, 1.54) is 0 Å². The molecule has 2 aromatic carbocycles. The Hall–Kier alpha value is -1.11. The molecular weight excluding hydrogens is 316 g/mol. The predicted octanol–water partition coefficient (Wildman–Crippen LogP) is 2.30. The van der Waals surface area contributed by atoms with Crippen LogP contribution < -0.4 is 10.5 Å². The average Bonchev–Trinajstić information content (AvgIpc) is 2.28. The Balaban J connectivity index is 2.33. The molecule has 0 unspecified atom stereocenters. The fraction of sp³-hybridized carbons (Fsp3) is 0.167. The molecule has 0 amide bonds. The van der Waals surface area contributed by atoms with E-state index in [2.05, 4.69) is 20.7 Å². The number of nitrogens with two attached hydrogens (primary N) is 1. The van der Waals surface area contributed by atoms with Crippen molar-refractivity contribution in [3.05, 3.63) is 40.9 Å². The lowest BCUT2D eigenvalue weighted by Gasteiger charge is -2.08. The van der Waals surface area contributed by atoms with E-state index >= 15 is 0 Å². The lowest BCUT2D eigenvalue weighted by Crippen LogP contribution is -2.22. The number of hydrogen-bond acceptors (Lipinski definition) is 3. The summed E-state index contributed by atoms with van der Waals surface area (Å²) in [5, 5.41) is 2.03.